The van der Waals surface area contributed by atoms with E-state index in [9.17, 15) is 9.59 Å². The first-order valence-electron chi connectivity index (χ1n) is 12.9. The first-order valence-corrected chi connectivity index (χ1v) is 13.9. The Labute approximate surface area is 266 Å². The van der Waals surface area contributed by atoms with Gasteiger partial charge in [-0.15, -0.1) is 23.2 Å². The average molecular weight is 652 g/mol. The maximum atomic E-state index is 11.7. The van der Waals surface area contributed by atoms with E-state index in [0.717, 1.165) is 11.5 Å². The second kappa shape index (κ2) is 17.6. The molecule has 0 fully saturated rings. The van der Waals surface area contributed by atoms with Crippen LogP contribution in [0.2, 0.25) is 0 Å². The molecular formula is C28H40Cl2N10O4. The van der Waals surface area contributed by atoms with Crippen LogP contribution in [0.25, 0.3) is 0 Å². The third kappa shape index (κ3) is 12.4. The fraction of sp³-hybridized carbons (Fsp3) is 0.393. The Bertz CT molecular complexity index is 1440. The summed E-state index contributed by atoms with van der Waals surface area (Å²) in [5, 5.41) is 9.99. The minimum absolute atomic E-state index is 0. The summed E-state index contributed by atoms with van der Waals surface area (Å²) in [5.74, 6) is 3.50. The number of aromatic nitrogens is 8. The zero-order valence-corrected chi connectivity index (χ0v) is 26.3. The predicted octanol–water partition coefficient (Wildman–Crippen LogP) is 6.50. The predicted molar refractivity (Wildman–Crippen MR) is 170 cm³/mol. The maximum Gasteiger partial charge on any atom is 0.338 e. The first-order chi connectivity index (χ1) is 20.3. The number of nitrogen functional groups attached to an aromatic ring is 1. The quantitative estimate of drug-likeness (QED) is 0.200. The molecule has 44 heavy (non-hydrogen) atoms. The fourth-order valence-electron chi connectivity index (χ4n) is 2.76. The highest BCUT2D eigenvalue weighted by molar-refractivity contribution is 6.25. The second-order valence-electron chi connectivity index (χ2n) is 10.7. The van der Waals surface area contributed by atoms with E-state index in [4.69, 9.17) is 38.0 Å². The number of nitrogens with one attached hydrogen (secondary N) is 1. The summed E-state index contributed by atoms with van der Waals surface area (Å²) in [6, 6.07) is 2.95. The maximum absolute atomic E-state index is 11.7. The van der Waals surface area contributed by atoms with Gasteiger partial charge in [-0.3, -0.25) is 19.0 Å². The van der Waals surface area contributed by atoms with Crippen molar-refractivity contribution in [3.63, 3.8) is 0 Å². The number of nitrogens with two attached hydrogens (primary N) is 1. The van der Waals surface area contributed by atoms with Crippen LogP contribution in [0.5, 0.6) is 0 Å². The number of amides is 1. The molecular weight excluding hydrogens is 611 g/mol. The molecule has 5 heterocycles. The Balaban J connectivity index is 0.000000317. The number of hydrogen-bond acceptors (Lipinski definition) is 10. The number of nitrogens with zero attached hydrogens (tertiary/aromatic N) is 8. The van der Waals surface area contributed by atoms with Crippen LogP contribution in [0.1, 0.15) is 60.5 Å². The van der Waals surface area contributed by atoms with Gasteiger partial charge in [-0.25, -0.2) is 24.5 Å². The highest BCUT2D eigenvalue weighted by Crippen LogP contribution is 2.24. The van der Waals surface area contributed by atoms with Crippen molar-refractivity contribution < 1.29 is 18.6 Å². The first kappa shape index (κ1) is 37.6. The van der Waals surface area contributed by atoms with Crippen molar-refractivity contribution in [2.75, 3.05) is 22.8 Å². The van der Waals surface area contributed by atoms with E-state index in [0.29, 0.717) is 23.4 Å². The summed E-state index contributed by atoms with van der Waals surface area (Å²) >= 11 is 10.1. The van der Waals surface area contributed by atoms with Crippen molar-refractivity contribution in [2.45, 2.75) is 59.8 Å². The number of carbonyl (C=O) groups is 2. The number of imidazole rings is 3. The summed E-state index contributed by atoms with van der Waals surface area (Å²) in [7, 11) is 0. The monoisotopic (exact) mass is 650 g/mol. The molecule has 14 nitrogen and oxygen atoms in total. The molecule has 0 atom stereocenters. The van der Waals surface area contributed by atoms with Crippen LogP contribution in [0.4, 0.5) is 21.2 Å². The molecule has 0 aliphatic carbocycles. The molecule has 240 valence electrons. The summed E-state index contributed by atoms with van der Waals surface area (Å²) in [5.41, 5.74) is 5.24. The largest absolute Gasteiger partial charge is 0.381 e. The third-order valence-corrected chi connectivity index (χ3v) is 5.58. The lowest BCUT2D eigenvalue weighted by atomic mass is 9.93. The van der Waals surface area contributed by atoms with E-state index < -0.39 is 0 Å². The summed E-state index contributed by atoms with van der Waals surface area (Å²) in [6.45, 7) is 12.2. The van der Waals surface area contributed by atoms with Crippen LogP contribution in [0.15, 0.2) is 77.3 Å². The van der Waals surface area contributed by atoms with Crippen LogP contribution in [0, 0.1) is 0 Å². The highest BCUT2D eigenvalue weighted by Gasteiger charge is 2.20. The Morgan fingerprint density at radius 1 is 0.773 bits per heavy atom. The van der Waals surface area contributed by atoms with Gasteiger partial charge >= 0.3 is 12.1 Å². The molecule has 0 aromatic carbocycles. The molecule has 0 saturated heterocycles. The van der Waals surface area contributed by atoms with Gasteiger partial charge in [0, 0.05) is 71.9 Å². The van der Waals surface area contributed by atoms with Crippen molar-refractivity contribution in [3.05, 3.63) is 79.8 Å². The van der Waals surface area contributed by atoms with Gasteiger partial charge in [-0.1, -0.05) is 59.3 Å². The molecule has 0 bridgehead atoms. The fourth-order valence-corrected chi connectivity index (χ4v) is 2.76. The minimum atomic E-state index is -0.323. The number of halogens is 2. The lowest BCUT2D eigenvalue weighted by molar-refractivity contribution is 0.243. The summed E-state index contributed by atoms with van der Waals surface area (Å²) in [6.07, 6.45) is 13.7. The van der Waals surface area contributed by atoms with E-state index in [-0.39, 0.29) is 30.3 Å². The van der Waals surface area contributed by atoms with Gasteiger partial charge in [0.25, 0.3) is 0 Å². The molecule has 0 radical (unpaired) electrons. The Morgan fingerprint density at radius 3 is 1.52 bits per heavy atom. The highest BCUT2D eigenvalue weighted by atomic mass is 35.5. The Morgan fingerprint density at radius 2 is 1.20 bits per heavy atom. The number of alkyl halides is 2. The third-order valence-electron chi connectivity index (χ3n) is 5.01. The zero-order chi connectivity index (χ0) is 32.0. The van der Waals surface area contributed by atoms with E-state index in [1.54, 1.807) is 43.1 Å². The Kier molecular flexibility index (Phi) is 15.1. The standard InChI is InChI=1S/C11H14N4O2.C7H6N4O.C7H12N2O.C2H4Cl2.CH4/c1-11(2,3)8-6-9(14-17-8)13-10(16)15-5-4-12-7-15;12-7(10-3-1-8-5-10)11-4-2-9-6-11;1-7(2,3)5-4-6(8)9-10-5;3-1-2-4;/h4-7H,1-3H3,(H,13,14,16);1-6H;4H,1-3H3,(H2,8,9);1-2H2;1H4. The van der Waals surface area contributed by atoms with E-state index in [1.807, 2.05) is 41.5 Å². The van der Waals surface area contributed by atoms with Crippen LogP contribution in [-0.2, 0) is 10.8 Å². The van der Waals surface area contributed by atoms with Gasteiger partial charge in [0.05, 0.1) is 0 Å². The number of carbonyl (C=O) groups excluding carboxylic acids is 2. The molecule has 3 N–H and O–H groups in total. The van der Waals surface area contributed by atoms with Crippen molar-refractivity contribution in [2.24, 2.45) is 0 Å². The molecule has 0 aliphatic rings. The molecule has 0 aliphatic heterocycles. The minimum Gasteiger partial charge on any atom is -0.381 e. The zero-order valence-electron chi connectivity index (χ0n) is 24.8. The van der Waals surface area contributed by atoms with Gasteiger partial charge in [-0.2, -0.15) is 0 Å². The van der Waals surface area contributed by atoms with E-state index in [2.05, 4.69) is 30.6 Å². The van der Waals surface area contributed by atoms with Gasteiger partial charge < -0.3 is 14.8 Å². The smallest absolute Gasteiger partial charge is 0.338 e. The average Bonchev–Trinajstić information content (AvgIpc) is 3.78. The van der Waals surface area contributed by atoms with E-state index >= 15 is 0 Å². The normalized spacial score (nSPS) is 10.5. The van der Waals surface area contributed by atoms with Crippen LogP contribution < -0.4 is 11.1 Å². The number of rotatable bonds is 2. The molecule has 16 heteroatoms. The van der Waals surface area contributed by atoms with Crippen LogP contribution in [0.3, 0.4) is 0 Å². The molecule has 0 spiro atoms. The topological polar surface area (TPSA) is 178 Å². The lowest BCUT2D eigenvalue weighted by Crippen LogP contribution is -2.17. The van der Waals surface area contributed by atoms with Gasteiger partial charge in [0.2, 0.25) is 0 Å². The van der Waals surface area contributed by atoms with Gasteiger partial charge in [0.15, 0.2) is 11.6 Å². The van der Waals surface area contributed by atoms with Crippen molar-refractivity contribution in [3.8, 4) is 0 Å². The van der Waals surface area contributed by atoms with Crippen molar-refractivity contribution in [1.29, 1.82) is 0 Å². The van der Waals surface area contributed by atoms with Gasteiger partial charge in [-0.05, 0) is 0 Å². The number of anilines is 2. The lowest BCUT2D eigenvalue weighted by Gasteiger charge is -2.11. The van der Waals surface area contributed by atoms with Gasteiger partial charge in [0.1, 0.15) is 30.5 Å². The molecule has 1 amide bonds. The molecule has 5 aromatic rings. The van der Waals surface area contributed by atoms with E-state index in [1.165, 1.54) is 38.9 Å². The molecule has 5 aromatic heterocycles. The van der Waals surface area contributed by atoms with Crippen molar-refractivity contribution >= 4 is 46.9 Å². The molecule has 5 rings (SSSR count). The second-order valence-corrected chi connectivity index (χ2v) is 11.4. The molecule has 0 saturated carbocycles. The summed E-state index contributed by atoms with van der Waals surface area (Å²) in [4.78, 5) is 34.4. The Hall–Kier alpha value is -4.43. The SMILES string of the molecule is C.CC(C)(C)c1cc(N)no1.CC(C)(C)c1cc(NC(=O)n2ccnc2)no1.ClCCCl.O=C(n1ccnc1)n1ccnc1. The number of hydrogen-bond donors (Lipinski definition) is 2. The van der Waals surface area contributed by atoms with Crippen molar-refractivity contribution in [1.82, 2.24) is 39.0 Å². The van der Waals surface area contributed by atoms with Crippen LogP contribution >= 0.6 is 23.2 Å². The molecule has 0 unspecified atom stereocenters. The van der Waals surface area contributed by atoms with Crippen LogP contribution in [-0.4, -0.2) is 62.8 Å². The summed E-state index contributed by atoms with van der Waals surface area (Å²) < 4.78 is 14.2.